The predicted octanol–water partition coefficient (Wildman–Crippen LogP) is 5.44. The number of hydrogen-bond acceptors (Lipinski definition) is 3. The van der Waals surface area contributed by atoms with E-state index in [1.54, 1.807) is 12.1 Å². The molecule has 128 valence electrons. The Bertz CT molecular complexity index is 1100. The highest BCUT2D eigenvalue weighted by atomic mass is 35.5. The van der Waals surface area contributed by atoms with Crippen molar-refractivity contribution in [1.29, 1.82) is 0 Å². The predicted molar refractivity (Wildman–Crippen MR) is 101 cm³/mol. The van der Waals surface area contributed by atoms with Crippen molar-refractivity contribution >= 4 is 28.5 Å². The first-order valence-electron chi connectivity index (χ1n) is 8.07. The zero-order chi connectivity index (χ0) is 18.1. The van der Waals surface area contributed by atoms with Gasteiger partial charge in [-0.15, -0.1) is 0 Å². The number of nitrogens with zero attached hydrogens (tertiary/aromatic N) is 1. The number of aromatic nitrogens is 1. The van der Waals surface area contributed by atoms with Gasteiger partial charge >= 0.3 is 5.97 Å². The molecule has 4 aromatic rings. The van der Waals surface area contributed by atoms with Crippen LogP contribution in [-0.2, 0) is 6.42 Å². The van der Waals surface area contributed by atoms with Crippen LogP contribution >= 0.6 is 11.6 Å². The monoisotopic (exact) mass is 363 g/mol. The second kappa shape index (κ2) is 6.65. The van der Waals surface area contributed by atoms with Gasteiger partial charge in [-0.1, -0.05) is 48.0 Å². The van der Waals surface area contributed by atoms with Gasteiger partial charge in [-0.25, -0.2) is 9.78 Å². The molecular weight excluding hydrogens is 350 g/mol. The van der Waals surface area contributed by atoms with Crippen molar-refractivity contribution in [2.45, 2.75) is 6.42 Å². The molecule has 4 nitrogen and oxygen atoms in total. The Morgan fingerprint density at radius 2 is 1.85 bits per heavy atom. The lowest BCUT2D eigenvalue weighted by Gasteiger charge is -2.04. The summed E-state index contributed by atoms with van der Waals surface area (Å²) in [5.41, 5.74) is 3.24. The third kappa shape index (κ3) is 3.19. The fraction of sp³-hybridized carbons (Fsp3) is 0.0476. The Labute approximate surface area is 154 Å². The van der Waals surface area contributed by atoms with E-state index in [2.05, 4.69) is 4.98 Å². The summed E-state index contributed by atoms with van der Waals surface area (Å²) in [5, 5.41) is 10.6. The first-order valence-corrected chi connectivity index (χ1v) is 8.44. The summed E-state index contributed by atoms with van der Waals surface area (Å²) < 4.78 is 6.09. The quantitative estimate of drug-likeness (QED) is 0.524. The lowest BCUT2D eigenvalue weighted by Crippen LogP contribution is -2.03. The maximum atomic E-state index is 11.1. The van der Waals surface area contributed by atoms with Crippen LogP contribution in [0.4, 0.5) is 0 Å². The molecule has 0 spiro atoms. The molecule has 5 heteroatoms. The van der Waals surface area contributed by atoms with Gasteiger partial charge in [0.2, 0.25) is 0 Å². The van der Waals surface area contributed by atoms with Crippen LogP contribution in [0.25, 0.3) is 22.3 Å². The number of halogens is 1. The van der Waals surface area contributed by atoms with E-state index in [1.165, 1.54) is 6.07 Å². The van der Waals surface area contributed by atoms with E-state index < -0.39 is 5.97 Å². The third-order valence-corrected chi connectivity index (χ3v) is 4.33. The Kier molecular flexibility index (Phi) is 4.19. The molecule has 0 fully saturated rings. The summed E-state index contributed by atoms with van der Waals surface area (Å²) in [6, 6.07) is 20.4. The smallest absolute Gasteiger partial charge is 0.354 e. The Morgan fingerprint density at radius 3 is 2.62 bits per heavy atom. The second-order valence-electron chi connectivity index (χ2n) is 5.96. The summed E-state index contributed by atoms with van der Waals surface area (Å²) in [7, 11) is 0. The van der Waals surface area contributed by atoms with E-state index in [0.29, 0.717) is 17.1 Å². The molecule has 0 aliphatic carbocycles. The van der Waals surface area contributed by atoms with Gasteiger partial charge < -0.3 is 9.52 Å². The van der Waals surface area contributed by atoms with Crippen molar-refractivity contribution in [1.82, 2.24) is 4.98 Å². The number of carboxylic acids is 1. The van der Waals surface area contributed by atoms with Crippen LogP contribution in [0.15, 0.2) is 71.1 Å². The lowest BCUT2D eigenvalue weighted by atomic mass is 10.1. The highest BCUT2D eigenvalue weighted by Crippen LogP contribution is 2.33. The Hall–Kier alpha value is -3.11. The van der Waals surface area contributed by atoms with Gasteiger partial charge in [0.15, 0.2) is 0 Å². The average molecular weight is 364 g/mol. The lowest BCUT2D eigenvalue weighted by molar-refractivity contribution is 0.0690. The molecule has 0 radical (unpaired) electrons. The van der Waals surface area contributed by atoms with Gasteiger partial charge in [0.25, 0.3) is 0 Å². The number of pyridine rings is 1. The standard InChI is InChI=1S/C21H14ClNO3/c22-16-9-14(11-17-7-4-8-18(23-17)21(24)25)20-15(10-16)12-19(26-20)13-5-2-1-3-6-13/h1-10,12H,11H2,(H,24,25). The van der Waals surface area contributed by atoms with E-state index in [0.717, 1.165) is 27.9 Å². The molecule has 0 atom stereocenters. The van der Waals surface area contributed by atoms with Crippen LogP contribution in [0, 0.1) is 0 Å². The number of rotatable bonds is 4. The van der Waals surface area contributed by atoms with Crippen LogP contribution in [0.3, 0.4) is 0 Å². The van der Waals surface area contributed by atoms with Gasteiger partial charge in [0.1, 0.15) is 17.0 Å². The van der Waals surface area contributed by atoms with E-state index in [1.807, 2.05) is 48.5 Å². The minimum atomic E-state index is -1.05. The third-order valence-electron chi connectivity index (χ3n) is 4.11. The topological polar surface area (TPSA) is 63.3 Å². The molecule has 0 amide bonds. The molecule has 4 rings (SSSR count). The first-order chi connectivity index (χ1) is 12.6. The first kappa shape index (κ1) is 16.4. The van der Waals surface area contributed by atoms with Gasteiger partial charge in [0, 0.05) is 33.7 Å². The SMILES string of the molecule is O=C(O)c1cccc(Cc2cc(Cl)cc3cc(-c4ccccc4)oc23)n1. The molecule has 2 heterocycles. The summed E-state index contributed by atoms with van der Waals surface area (Å²) >= 11 is 6.27. The van der Waals surface area contributed by atoms with Crippen molar-refractivity contribution in [3.8, 4) is 11.3 Å². The number of fused-ring (bicyclic) bond motifs is 1. The maximum Gasteiger partial charge on any atom is 0.354 e. The molecule has 0 aliphatic rings. The zero-order valence-corrected chi connectivity index (χ0v) is 14.4. The minimum Gasteiger partial charge on any atom is -0.477 e. The van der Waals surface area contributed by atoms with E-state index in [4.69, 9.17) is 21.1 Å². The normalized spacial score (nSPS) is 11.0. The maximum absolute atomic E-state index is 11.1. The number of benzene rings is 2. The second-order valence-corrected chi connectivity index (χ2v) is 6.39. The van der Waals surface area contributed by atoms with Gasteiger partial charge in [-0.05, 0) is 30.3 Å². The largest absolute Gasteiger partial charge is 0.477 e. The summed E-state index contributed by atoms with van der Waals surface area (Å²) in [6.07, 6.45) is 0.430. The molecule has 0 saturated heterocycles. The van der Waals surface area contributed by atoms with Gasteiger partial charge in [-0.2, -0.15) is 0 Å². The summed E-state index contributed by atoms with van der Waals surface area (Å²) in [5.74, 6) is -0.288. The van der Waals surface area contributed by atoms with Crippen molar-refractivity contribution in [2.24, 2.45) is 0 Å². The molecule has 0 aliphatic heterocycles. The highest BCUT2D eigenvalue weighted by Gasteiger charge is 2.13. The van der Waals surface area contributed by atoms with Crippen molar-refractivity contribution in [2.75, 3.05) is 0 Å². The fourth-order valence-electron chi connectivity index (χ4n) is 2.95. The molecule has 0 unspecified atom stereocenters. The van der Waals surface area contributed by atoms with E-state index >= 15 is 0 Å². The van der Waals surface area contributed by atoms with Crippen molar-refractivity contribution in [3.63, 3.8) is 0 Å². The fourth-order valence-corrected chi connectivity index (χ4v) is 3.20. The number of carbonyl (C=O) groups is 1. The highest BCUT2D eigenvalue weighted by molar-refractivity contribution is 6.31. The molecule has 0 bridgehead atoms. The van der Waals surface area contributed by atoms with Crippen molar-refractivity contribution < 1.29 is 14.3 Å². The Morgan fingerprint density at radius 1 is 1.04 bits per heavy atom. The van der Waals surface area contributed by atoms with Gasteiger partial charge in [0.05, 0.1) is 0 Å². The van der Waals surface area contributed by atoms with Crippen LogP contribution in [0.2, 0.25) is 5.02 Å². The van der Waals surface area contributed by atoms with E-state index in [-0.39, 0.29) is 5.69 Å². The average Bonchev–Trinajstić information content (AvgIpc) is 3.07. The van der Waals surface area contributed by atoms with Crippen LogP contribution < -0.4 is 0 Å². The molecule has 26 heavy (non-hydrogen) atoms. The molecule has 1 N–H and O–H groups in total. The van der Waals surface area contributed by atoms with Crippen LogP contribution in [0.5, 0.6) is 0 Å². The van der Waals surface area contributed by atoms with Gasteiger partial charge in [-0.3, -0.25) is 0 Å². The van der Waals surface area contributed by atoms with Crippen LogP contribution in [-0.4, -0.2) is 16.1 Å². The Balaban J connectivity index is 1.78. The number of aromatic carboxylic acids is 1. The van der Waals surface area contributed by atoms with Crippen molar-refractivity contribution in [3.05, 3.63) is 88.7 Å². The summed E-state index contributed by atoms with van der Waals surface area (Å²) in [4.78, 5) is 15.3. The number of furan rings is 1. The summed E-state index contributed by atoms with van der Waals surface area (Å²) in [6.45, 7) is 0. The van der Waals surface area contributed by atoms with Crippen LogP contribution in [0.1, 0.15) is 21.7 Å². The molecule has 2 aromatic heterocycles. The minimum absolute atomic E-state index is 0.0187. The molecule has 0 saturated carbocycles. The number of carboxylic acid groups (broad SMARTS) is 1. The zero-order valence-electron chi connectivity index (χ0n) is 13.6. The van der Waals surface area contributed by atoms with E-state index in [9.17, 15) is 4.79 Å². The molecular formula is C21H14ClNO3. The number of hydrogen-bond donors (Lipinski definition) is 1. The molecule has 2 aromatic carbocycles.